The normalized spacial score (nSPS) is 14.6. The minimum atomic E-state index is -1.06. The second-order valence-electron chi connectivity index (χ2n) is 5.12. The van der Waals surface area contributed by atoms with E-state index in [4.69, 9.17) is 4.74 Å². The Morgan fingerprint density at radius 1 is 1.16 bits per heavy atom. The van der Waals surface area contributed by atoms with Gasteiger partial charge in [-0.05, 0) is 39.0 Å². The van der Waals surface area contributed by atoms with Gasteiger partial charge in [0.25, 0.3) is 11.8 Å². The van der Waals surface area contributed by atoms with Crippen molar-refractivity contribution in [3.63, 3.8) is 0 Å². The number of carbonyl (C=O) groups is 3. The van der Waals surface area contributed by atoms with Crippen LogP contribution in [0.25, 0.3) is 0 Å². The van der Waals surface area contributed by atoms with E-state index in [1.165, 1.54) is 6.07 Å². The van der Waals surface area contributed by atoms with Gasteiger partial charge in [-0.15, -0.1) is 0 Å². The monoisotopic (exact) mass is 265 g/mol. The van der Waals surface area contributed by atoms with Gasteiger partial charge in [-0.1, -0.05) is 0 Å². The standard InChI is InChI=1S/C13H12FNO4/c1-13(2,3)19-12(18)15-10(16)8-5-4-7(14)6-9(8)11(15)17/h4-6H,1-3H3. The molecule has 2 rings (SSSR count). The lowest BCUT2D eigenvalue weighted by atomic mass is 10.1. The third kappa shape index (κ3) is 2.33. The van der Waals surface area contributed by atoms with Gasteiger partial charge in [0.15, 0.2) is 0 Å². The first-order valence-electron chi connectivity index (χ1n) is 5.62. The average molecular weight is 265 g/mol. The van der Waals surface area contributed by atoms with Gasteiger partial charge in [0.2, 0.25) is 0 Å². The van der Waals surface area contributed by atoms with Crippen LogP contribution >= 0.6 is 0 Å². The first-order valence-corrected chi connectivity index (χ1v) is 5.62. The minimum absolute atomic E-state index is 0.00254. The molecule has 0 N–H and O–H groups in total. The van der Waals surface area contributed by atoms with Crippen molar-refractivity contribution in [3.8, 4) is 0 Å². The number of hydrogen-bond acceptors (Lipinski definition) is 4. The largest absolute Gasteiger partial charge is 0.443 e. The number of imide groups is 3. The summed E-state index contributed by atoms with van der Waals surface area (Å²) < 4.78 is 18.0. The highest BCUT2D eigenvalue weighted by atomic mass is 19.1. The summed E-state index contributed by atoms with van der Waals surface area (Å²) in [5.74, 6) is -2.31. The number of amides is 3. The number of hydrogen-bond donors (Lipinski definition) is 0. The van der Waals surface area contributed by atoms with Crippen LogP contribution in [0.5, 0.6) is 0 Å². The Kier molecular flexibility index (Phi) is 2.88. The van der Waals surface area contributed by atoms with Crippen molar-refractivity contribution < 1.29 is 23.5 Å². The summed E-state index contributed by atoms with van der Waals surface area (Å²) in [5, 5.41) is 0. The molecule has 0 atom stereocenters. The van der Waals surface area contributed by atoms with E-state index in [1.807, 2.05) is 0 Å². The fourth-order valence-electron chi connectivity index (χ4n) is 1.69. The van der Waals surface area contributed by atoms with Crippen molar-refractivity contribution in [1.29, 1.82) is 0 Å². The first-order chi connectivity index (χ1) is 8.70. The first kappa shape index (κ1) is 13.2. The number of benzene rings is 1. The molecule has 1 aliphatic heterocycles. The Labute approximate surface area is 109 Å². The highest BCUT2D eigenvalue weighted by molar-refractivity contribution is 6.28. The molecular weight excluding hydrogens is 253 g/mol. The van der Waals surface area contributed by atoms with Gasteiger partial charge in [-0.3, -0.25) is 9.59 Å². The van der Waals surface area contributed by atoms with Crippen molar-refractivity contribution in [2.45, 2.75) is 26.4 Å². The van der Waals surface area contributed by atoms with Gasteiger partial charge in [-0.25, -0.2) is 9.18 Å². The molecule has 1 aliphatic rings. The summed E-state index contributed by atoms with van der Waals surface area (Å²) in [6.07, 6.45) is -1.06. The van der Waals surface area contributed by atoms with Crippen LogP contribution in [0.4, 0.5) is 9.18 Å². The topological polar surface area (TPSA) is 63.7 Å². The Morgan fingerprint density at radius 2 is 1.74 bits per heavy atom. The van der Waals surface area contributed by atoms with Crippen LogP contribution in [0, 0.1) is 5.82 Å². The quantitative estimate of drug-likeness (QED) is 0.675. The molecule has 0 aromatic heterocycles. The van der Waals surface area contributed by atoms with Crippen LogP contribution in [0.15, 0.2) is 18.2 Å². The smallest absolute Gasteiger partial charge is 0.424 e. The van der Waals surface area contributed by atoms with Crippen molar-refractivity contribution in [2.75, 3.05) is 0 Å². The third-order valence-electron chi connectivity index (χ3n) is 2.42. The molecule has 3 amide bonds. The lowest BCUT2D eigenvalue weighted by Gasteiger charge is -2.22. The number of ether oxygens (including phenoxy) is 1. The Balaban J connectivity index is 2.35. The van der Waals surface area contributed by atoms with E-state index >= 15 is 0 Å². The molecule has 0 aliphatic carbocycles. The molecular formula is C13H12FNO4. The lowest BCUT2D eigenvalue weighted by Crippen LogP contribution is -2.40. The minimum Gasteiger partial charge on any atom is -0.443 e. The van der Waals surface area contributed by atoms with E-state index in [-0.39, 0.29) is 11.1 Å². The highest BCUT2D eigenvalue weighted by Crippen LogP contribution is 2.25. The van der Waals surface area contributed by atoms with E-state index in [9.17, 15) is 18.8 Å². The zero-order valence-electron chi connectivity index (χ0n) is 10.7. The molecule has 0 saturated carbocycles. The zero-order valence-corrected chi connectivity index (χ0v) is 10.7. The summed E-state index contributed by atoms with van der Waals surface area (Å²) in [4.78, 5) is 36.0. The molecule has 5 nitrogen and oxygen atoms in total. The van der Waals surface area contributed by atoms with Gasteiger partial charge in [-0.2, -0.15) is 4.90 Å². The predicted molar refractivity (Wildman–Crippen MR) is 63.1 cm³/mol. The van der Waals surface area contributed by atoms with Gasteiger partial charge in [0.05, 0.1) is 11.1 Å². The number of rotatable bonds is 0. The van der Waals surface area contributed by atoms with E-state index in [0.29, 0.717) is 4.90 Å². The van der Waals surface area contributed by atoms with Crippen LogP contribution < -0.4 is 0 Å². The maximum atomic E-state index is 13.1. The average Bonchev–Trinajstić information content (AvgIpc) is 2.49. The molecule has 1 aromatic rings. The van der Waals surface area contributed by atoms with Gasteiger partial charge >= 0.3 is 6.09 Å². The molecule has 0 spiro atoms. The molecule has 0 unspecified atom stereocenters. The SMILES string of the molecule is CC(C)(C)OC(=O)N1C(=O)c2ccc(F)cc2C1=O. The number of fused-ring (bicyclic) bond motifs is 1. The van der Waals surface area contributed by atoms with Crippen LogP contribution in [-0.2, 0) is 4.74 Å². The number of halogens is 1. The van der Waals surface area contributed by atoms with Gasteiger partial charge in [0.1, 0.15) is 11.4 Å². The van der Waals surface area contributed by atoms with E-state index in [1.54, 1.807) is 20.8 Å². The molecule has 1 heterocycles. The summed E-state index contributed by atoms with van der Waals surface area (Å²) >= 11 is 0. The molecule has 6 heteroatoms. The summed E-state index contributed by atoms with van der Waals surface area (Å²) in [6.45, 7) is 4.84. The Bertz CT molecular complexity index is 589. The number of nitrogens with zero attached hydrogens (tertiary/aromatic N) is 1. The predicted octanol–water partition coefficient (Wildman–Crippen LogP) is 2.36. The second-order valence-corrected chi connectivity index (χ2v) is 5.12. The van der Waals surface area contributed by atoms with Crippen molar-refractivity contribution >= 4 is 17.9 Å². The molecule has 100 valence electrons. The summed E-state index contributed by atoms with van der Waals surface area (Å²) in [6, 6.07) is 3.16. The van der Waals surface area contributed by atoms with Gasteiger partial charge in [0, 0.05) is 0 Å². The van der Waals surface area contributed by atoms with Gasteiger partial charge < -0.3 is 4.74 Å². The van der Waals surface area contributed by atoms with Crippen molar-refractivity contribution in [1.82, 2.24) is 4.90 Å². The third-order valence-corrected chi connectivity index (χ3v) is 2.42. The van der Waals surface area contributed by atoms with Crippen LogP contribution in [0.1, 0.15) is 41.5 Å². The van der Waals surface area contributed by atoms with Crippen LogP contribution in [0.2, 0.25) is 0 Å². The van der Waals surface area contributed by atoms with Crippen molar-refractivity contribution in [2.24, 2.45) is 0 Å². The molecule has 0 fully saturated rings. The molecule has 0 bridgehead atoms. The van der Waals surface area contributed by atoms with E-state index in [2.05, 4.69) is 0 Å². The summed E-state index contributed by atoms with van der Waals surface area (Å²) in [7, 11) is 0. The Hall–Kier alpha value is -2.24. The maximum absolute atomic E-state index is 13.1. The Morgan fingerprint density at radius 3 is 2.32 bits per heavy atom. The highest BCUT2D eigenvalue weighted by Gasteiger charge is 2.42. The molecule has 1 aromatic carbocycles. The van der Waals surface area contributed by atoms with E-state index < -0.39 is 29.3 Å². The maximum Gasteiger partial charge on any atom is 0.424 e. The van der Waals surface area contributed by atoms with Crippen molar-refractivity contribution in [3.05, 3.63) is 35.1 Å². The van der Waals surface area contributed by atoms with Crippen LogP contribution in [-0.4, -0.2) is 28.4 Å². The number of carbonyl (C=O) groups excluding carboxylic acids is 3. The lowest BCUT2D eigenvalue weighted by molar-refractivity contribution is 0.0255. The molecule has 0 saturated heterocycles. The zero-order chi connectivity index (χ0) is 14.4. The molecule has 19 heavy (non-hydrogen) atoms. The fraction of sp³-hybridized carbons (Fsp3) is 0.308. The fourth-order valence-corrected chi connectivity index (χ4v) is 1.69. The second kappa shape index (κ2) is 4.15. The summed E-state index contributed by atoms with van der Waals surface area (Å²) in [5.41, 5.74) is -0.967. The molecule has 0 radical (unpaired) electrons. The van der Waals surface area contributed by atoms with Crippen LogP contribution in [0.3, 0.4) is 0 Å². The van der Waals surface area contributed by atoms with E-state index in [0.717, 1.165) is 12.1 Å².